The SMILES string of the molecule is COCCNCC1CCCN(S(=O)(=O)c2ccc(C)s2)C1. The first-order chi connectivity index (χ1) is 10.0. The highest BCUT2D eigenvalue weighted by atomic mass is 32.2. The predicted octanol–water partition coefficient (Wildman–Crippen LogP) is 1.69. The molecule has 1 aliphatic heterocycles. The van der Waals surface area contributed by atoms with Crippen LogP contribution in [0.2, 0.25) is 0 Å². The summed E-state index contributed by atoms with van der Waals surface area (Å²) in [6.45, 7) is 5.52. The third-order valence-corrected chi connectivity index (χ3v) is 7.04. The van der Waals surface area contributed by atoms with Crippen LogP contribution in [0.25, 0.3) is 0 Å². The van der Waals surface area contributed by atoms with Gasteiger partial charge in [-0.1, -0.05) is 0 Å². The minimum atomic E-state index is -3.31. The highest BCUT2D eigenvalue weighted by Crippen LogP contribution is 2.27. The molecule has 0 amide bonds. The second-order valence-electron chi connectivity index (χ2n) is 5.43. The second kappa shape index (κ2) is 7.69. The summed E-state index contributed by atoms with van der Waals surface area (Å²) < 4.78 is 32.3. The van der Waals surface area contributed by atoms with E-state index in [0.717, 1.165) is 30.8 Å². The van der Waals surface area contributed by atoms with Crippen LogP contribution in [0.4, 0.5) is 0 Å². The summed E-state index contributed by atoms with van der Waals surface area (Å²) >= 11 is 1.35. The molecule has 0 aliphatic carbocycles. The minimum Gasteiger partial charge on any atom is -0.383 e. The summed E-state index contributed by atoms with van der Waals surface area (Å²) in [7, 11) is -1.63. The van der Waals surface area contributed by atoms with E-state index in [4.69, 9.17) is 4.74 Å². The first-order valence-electron chi connectivity index (χ1n) is 7.30. The van der Waals surface area contributed by atoms with Crippen molar-refractivity contribution < 1.29 is 13.2 Å². The van der Waals surface area contributed by atoms with Gasteiger partial charge in [-0.25, -0.2) is 8.42 Å². The lowest BCUT2D eigenvalue weighted by Gasteiger charge is -2.31. The Hall–Kier alpha value is -0.470. The van der Waals surface area contributed by atoms with Crippen LogP contribution in [-0.4, -0.2) is 52.6 Å². The van der Waals surface area contributed by atoms with Crippen molar-refractivity contribution in [3.8, 4) is 0 Å². The fourth-order valence-corrected chi connectivity index (χ4v) is 5.56. The molecule has 1 fully saturated rings. The molecule has 21 heavy (non-hydrogen) atoms. The quantitative estimate of drug-likeness (QED) is 0.772. The van der Waals surface area contributed by atoms with E-state index >= 15 is 0 Å². The van der Waals surface area contributed by atoms with Gasteiger partial charge in [-0.05, 0) is 44.4 Å². The normalized spacial score (nSPS) is 20.8. The molecule has 1 saturated heterocycles. The van der Waals surface area contributed by atoms with Crippen molar-refractivity contribution in [2.75, 3.05) is 39.9 Å². The molecule has 1 aliphatic rings. The molecule has 0 aromatic carbocycles. The molecule has 1 unspecified atom stereocenters. The van der Waals surface area contributed by atoms with Crippen LogP contribution in [0.5, 0.6) is 0 Å². The van der Waals surface area contributed by atoms with E-state index < -0.39 is 10.0 Å². The highest BCUT2D eigenvalue weighted by molar-refractivity contribution is 7.91. The maximum Gasteiger partial charge on any atom is 0.252 e. The molecule has 1 aromatic rings. The van der Waals surface area contributed by atoms with E-state index in [9.17, 15) is 8.42 Å². The van der Waals surface area contributed by atoms with Crippen molar-refractivity contribution in [1.82, 2.24) is 9.62 Å². The standard InChI is InChI=1S/C14H24N2O3S2/c1-12-5-6-14(20-12)21(17,18)16-8-3-4-13(11-16)10-15-7-9-19-2/h5-6,13,15H,3-4,7-11H2,1-2H3. The monoisotopic (exact) mass is 332 g/mol. The van der Waals surface area contributed by atoms with Crippen LogP contribution < -0.4 is 5.32 Å². The molecule has 0 radical (unpaired) electrons. The van der Waals surface area contributed by atoms with Crippen LogP contribution in [-0.2, 0) is 14.8 Å². The number of ether oxygens (including phenoxy) is 1. The zero-order valence-electron chi connectivity index (χ0n) is 12.7. The lowest BCUT2D eigenvalue weighted by molar-refractivity contribution is 0.193. The van der Waals surface area contributed by atoms with Gasteiger partial charge < -0.3 is 10.1 Å². The van der Waals surface area contributed by atoms with E-state index in [1.165, 1.54) is 11.3 Å². The number of nitrogens with one attached hydrogen (secondary N) is 1. The molecular weight excluding hydrogens is 308 g/mol. The first kappa shape index (κ1) is 16.9. The number of thiophene rings is 1. The molecule has 1 atom stereocenters. The summed E-state index contributed by atoms with van der Waals surface area (Å²) in [5, 5.41) is 3.33. The molecule has 0 spiro atoms. The molecule has 1 aromatic heterocycles. The van der Waals surface area contributed by atoms with Gasteiger partial charge in [-0.3, -0.25) is 0 Å². The molecule has 7 heteroatoms. The molecule has 1 N–H and O–H groups in total. The van der Waals surface area contributed by atoms with Crippen molar-refractivity contribution >= 4 is 21.4 Å². The van der Waals surface area contributed by atoms with Gasteiger partial charge in [0.2, 0.25) is 0 Å². The molecule has 2 rings (SSSR count). The lowest BCUT2D eigenvalue weighted by Crippen LogP contribution is -2.42. The Balaban J connectivity index is 1.94. The van der Waals surface area contributed by atoms with Crippen LogP contribution in [0, 0.1) is 12.8 Å². The maximum atomic E-state index is 12.6. The summed E-state index contributed by atoms with van der Waals surface area (Å²) in [5.41, 5.74) is 0. The zero-order valence-corrected chi connectivity index (χ0v) is 14.3. The van der Waals surface area contributed by atoms with Crippen molar-refractivity contribution in [1.29, 1.82) is 0 Å². The van der Waals surface area contributed by atoms with Gasteiger partial charge in [0, 0.05) is 31.6 Å². The Morgan fingerprint density at radius 1 is 1.48 bits per heavy atom. The number of methoxy groups -OCH3 is 1. The number of aryl methyl sites for hydroxylation is 1. The summed E-state index contributed by atoms with van der Waals surface area (Å²) in [6.07, 6.45) is 2.01. The van der Waals surface area contributed by atoms with Crippen molar-refractivity contribution in [2.24, 2.45) is 5.92 Å². The van der Waals surface area contributed by atoms with Crippen LogP contribution in [0.3, 0.4) is 0 Å². The molecular formula is C14H24N2O3S2. The second-order valence-corrected chi connectivity index (χ2v) is 8.89. The van der Waals surface area contributed by atoms with Gasteiger partial charge in [0.05, 0.1) is 6.61 Å². The number of piperidine rings is 1. The highest BCUT2D eigenvalue weighted by Gasteiger charge is 2.30. The number of hydrogen-bond acceptors (Lipinski definition) is 5. The Kier molecular flexibility index (Phi) is 6.19. The average Bonchev–Trinajstić information content (AvgIpc) is 2.91. The Bertz CT molecular complexity index is 542. The molecule has 120 valence electrons. The number of hydrogen-bond donors (Lipinski definition) is 1. The largest absolute Gasteiger partial charge is 0.383 e. The Morgan fingerprint density at radius 2 is 2.29 bits per heavy atom. The molecule has 5 nitrogen and oxygen atoms in total. The van der Waals surface area contributed by atoms with Gasteiger partial charge in [-0.15, -0.1) is 11.3 Å². The summed E-state index contributed by atoms with van der Waals surface area (Å²) in [4.78, 5) is 1.03. The van der Waals surface area contributed by atoms with Crippen molar-refractivity contribution in [3.63, 3.8) is 0 Å². The maximum absolute atomic E-state index is 12.6. The first-order valence-corrected chi connectivity index (χ1v) is 9.56. The lowest BCUT2D eigenvalue weighted by atomic mass is 10.00. The van der Waals surface area contributed by atoms with Gasteiger partial charge >= 0.3 is 0 Å². The van der Waals surface area contributed by atoms with Crippen LogP contribution in [0.15, 0.2) is 16.3 Å². The Labute approximate surface area is 131 Å². The smallest absolute Gasteiger partial charge is 0.252 e. The van der Waals surface area contributed by atoms with Gasteiger partial charge in [0.15, 0.2) is 0 Å². The van der Waals surface area contributed by atoms with Crippen molar-refractivity contribution in [3.05, 3.63) is 17.0 Å². The molecule has 2 heterocycles. The fourth-order valence-electron chi connectivity index (χ4n) is 2.57. The minimum absolute atomic E-state index is 0.381. The molecule has 0 bridgehead atoms. The van der Waals surface area contributed by atoms with E-state index in [-0.39, 0.29) is 0 Å². The van der Waals surface area contributed by atoms with E-state index in [2.05, 4.69) is 5.32 Å². The summed E-state index contributed by atoms with van der Waals surface area (Å²) in [5.74, 6) is 0.381. The number of nitrogens with zero attached hydrogens (tertiary/aromatic N) is 1. The van der Waals surface area contributed by atoms with Crippen LogP contribution >= 0.6 is 11.3 Å². The predicted molar refractivity (Wildman–Crippen MR) is 85.3 cm³/mol. The van der Waals surface area contributed by atoms with Gasteiger partial charge in [0.25, 0.3) is 10.0 Å². The number of rotatable bonds is 7. The van der Waals surface area contributed by atoms with E-state index in [0.29, 0.717) is 29.8 Å². The third-order valence-electron chi connectivity index (χ3n) is 3.71. The van der Waals surface area contributed by atoms with Crippen LogP contribution in [0.1, 0.15) is 17.7 Å². The average molecular weight is 332 g/mol. The third kappa shape index (κ3) is 4.50. The number of sulfonamides is 1. The summed E-state index contributed by atoms with van der Waals surface area (Å²) in [6, 6.07) is 3.58. The fraction of sp³-hybridized carbons (Fsp3) is 0.714. The zero-order chi connectivity index (χ0) is 15.3. The topological polar surface area (TPSA) is 58.6 Å². The van der Waals surface area contributed by atoms with E-state index in [1.54, 1.807) is 17.5 Å². The van der Waals surface area contributed by atoms with Gasteiger partial charge in [0.1, 0.15) is 4.21 Å². The molecule has 0 saturated carbocycles. The van der Waals surface area contributed by atoms with E-state index in [1.807, 2.05) is 13.0 Å². The van der Waals surface area contributed by atoms with Crippen molar-refractivity contribution in [2.45, 2.75) is 24.0 Å². The van der Waals surface area contributed by atoms with Gasteiger partial charge in [-0.2, -0.15) is 4.31 Å². The Morgan fingerprint density at radius 3 is 2.95 bits per heavy atom.